The van der Waals surface area contributed by atoms with Gasteiger partial charge in [0.25, 0.3) is 0 Å². The second-order valence-electron chi connectivity index (χ2n) is 5.75. The number of carbonyl (C=O) groups is 1. The summed E-state index contributed by atoms with van der Waals surface area (Å²) in [6, 6.07) is 15.9. The van der Waals surface area contributed by atoms with Crippen molar-refractivity contribution in [3.8, 4) is 11.3 Å². The second-order valence-corrected chi connectivity index (χ2v) is 5.75. The molecule has 2 aromatic carbocycles. The Hall–Kier alpha value is -2.88. The van der Waals surface area contributed by atoms with Gasteiger partial charge in [0.15, 0.2) is 0 Å². The maximum absolute atomic E-state index is 11.5. The molecule has 1 N–H and O–H groups in total. The van der Waals surface area contributed by atoms with Crippen molar-refractivity contribution in [3.63, 3.8) is 0 Å². The highest BCUT2D eigenvalue weighted by molar-refractivity contribution is 5.94. The van der Waals surface area contributed by atoms with Crippen LogP contribution in [0.4, 0.5) is 0 Å². The Labute approximate surface area is 135 Å². The van der Waals surface area contributed by atoms with Gasteiger partial charge in [-0.15, -0.1) is 0 Å². The molecule has 0 aliphatic carbocycles. The molecule has 3 aromatic rings. The Balaban J connectivity index is 1.96. The largest absolute Gasteiger partial charge is 0.478 e. The zero-order valence-electron chi connectivity index (χ0n) is 13.2. The monoisotopic (exact) mass is 306 g/mol. The van der Waals surface area contributed by atoms with Crippen molar-refractivity contribution in [2.75, 3.05) is 0 Å². The number of hydrogen-bond acceptors (Lipinski definition) is 2. The van der Waals surface area contributed by atoms with E-state index in [1.54, 1.807) is 10.9 Å². The first-order valence-electron chi connectivity index (χ1n) is 7.46. The van der Waals surface area contributed by atoms with Crippen LogP contribution in [-0.4, -0.2) is 20.9 Å². The van der Waals surface area contributed by atoms with E-state index in [4.69, 9.17) is 0 Å². The Kier molecular flexibility index (Phi) is 3.98. The summed E-state index contributed by atoms with van der Waals surface area (Å²) in [5.41, 5.74) is 4.96. The Morgan fingerprint density at radius 2 is 1.57 bits per heavy atom. The van der Waals surface area contributed by atoms with E-state index in [9.17, 15) is 9.90 Å². The molecule has 0 aliphatic rings. The van der Waals surface area contributed by atoms with Crippen molar-refractivity contribution >= 4 is 5.97 Å². The van der Waals surface area contributed by atoms with Crippen LogP contribution in [0.1, 0.15) is 27.0 Å². The molecule has 0 unspecified atom stereocenters. The molecule has 3 rings (SSSR count). The molecule has 0 aliphatic heterocycles. The van der Waals surface area contributed by atoms with Crippen molar-refractivity contribution in [1.82, 2.24) is 9.78 Å². The van der Waals surface area contributed by atoms with Crippen LogP contribution in [-0.2, 0) is 6.54 Å². The number of aromatic nitrogens is 2. The van der Waals surface area contributed by atoms with Crippen molar-refractivity contribution in [2.45, 2.75) is 20.4 Å². The van der Waals surface area contributed by atoms with Gasteiger partial charge < -0.3 is 5.11 Å². The topological polar surface area (TPSA) is 55.1 Å². The fourth-order valence-corrected chi connectivity index (χ4v) is 2.46. The van der Waals surface area contributed by atoms with Crippen molar-refractivity contribution in [3.05, 3.63) is 77.0 Å². The standard InChI is InChI=1S/C19H18N2O2/c1-13-3-7-15(8-4-13)11-21-12-17(19(22)23)18(20-21)16-9-5-14(2)6-10-16/h3-10,12H,11H2,1-2H3,(H,22,23). The van der Waals surface area contributed by atoms with E-state index in [1.807, 2.05) is 62.4 Å². The third-order valence-electron chi connectivity index (χ3n) is 3.78. The number of hydrogen-bond donors (Lipinski definition) is 1. The minimum Gasteiger partial charge on any atom is -0.478 e. The molecule has 116 valence electrons. The zero-order chi connectivity index (χ0) is 16.4. The lowest BCUT2D eigenvalue weighted by molar-refractivity contribution is 0.0697. The molecule has 0 radical (unpaired) electrons. The minimum atomic E-state index is -0.962. The van der Waals surface area contributed by atoms with Crippen LogP contribution in [0.2, 0.25) is 0 Å². The molecule has 1 aromatic heterocycles. The van der Waals surface area contributed by atoms with Crippen LogP contribution in [0.5, 0.6) is 0 Å². The molecule has 23 heavy (non-hydrogen) atoms. The summed E-state index contributed by atoms with van der Waals surface area (Å²) in [6.45, 7) is 4.58. The first-order valence-corrected chi connectivity index (χ1v) is 7.46. The van der Waals surface area contributed by atoms with Crippen molar-refractivity contribution in [2.24, 2.45) is 0 Å². The first-order chi connectivity index (χ1) is 11.0. The number of aromatic carboxylic acids is 1. The smallest absolute Gasteiger partial charge is 0.339 e. The Morgan fingerprint density at radius 3 is 2.13 bits per heavy atom. The second kappa shape index (κ2) is 6.08. The first kappa shape index (κ1) is 15.0. The van der Waals surface area contributed by atoms with E-state index < -0.39 is 5.97 Å². The molecule has 0 saturated heterocycles. The maximum atomic E-state index is 11.5. The number of carboxylic acid groups (broad SMARTS) is 1. The minimum absolute atomic E-state index is 0.223. The number of rotatable bonds is 4. The molecule has 0 saturated carbocycles. The van der Waals surface area contributed by atoms with Gasteiger partial charge >= 0.3 is 5.97 Å². The maximum Gasteiger partial charge on any atom is 0.339 e. The highest BCUT2D eigenvalue weighted by atomic mass is 16.4. The van der Waals surface area contributed by atoms with Crippen molar-refractivity contribution < 1.29 is 9.90 Å². The van der Waals surface area contributed by atoms with E-state index in [0.29, 0.717) is 12.2 Å². The number of aryl methyl sites for hydroxylation is 2. The number of benzene rings is 2. The van der Waals surface area contributed by atoms with Gasteiger partial charge in [0.1, 0.15) is 11.3 Å². The van der Waals surface area contributed by atoms with Crippen LogP contribution >= 0.6 is 0 Å². The molecule has 0 amide bonds. The SMILES string of the molecule is Cc1ccc(Cn2cc(C(=O)O)c(-c3ccc(C)cc3)n2)cc1. The molecular formula is C19H18N2O2. The summed E-state index contributed by atoms with van der Waals surface area (Å²) >= 11 is 0. The van der Waals surface area contributed by atoms with Gasteiger partial charge in [-0.05, 0) is 19.4 Å². The molecule has 4 nitrogen and oxygen atoms in total. The lowest BCUT2D eigenvalue weighted by atomic mass is 10.1. The molecule has 0 atom stereocenters. The summed E-state index contributed by atoms with van der Waals surface area (Å²) in [4.78, 5) is 11.5. The van der Waals surface area contributed by atoms with Gasteiger partial charge in [0.2, 0.25) is 0 Å². The molecule has 4 heteroatoms. The predicted octanol–water partition coefficient (Wildman–Crippen LogP) is 3.91. The summed E-state index contributed by atoms with van der Waals surface area (Å²) in [7, 11) is 0. The van der Waals surface area contributed by atoms with Crippen LogP contribution in [0, 0.1) is 13.8 Å². The molecule has 0 fully saturated rings. The van der Waals surface area contributed by atoms with Crippen LogP contribution in [0.15, 0.2) is 54.7 Å². The molecule has 1 heterocycles. The van der Waals surface area contributed by atoms with E-state index in [-0.39, 0.29) is 5.56 Å². The average Bonchev–Trinajstić information content (AvgIpc) is 2.94. The highest BCUT2D eigenvalue weighted by Gasteiger charge is 2.17. The van der Waals surface area contributed by atoms with E-state index in [0.717, 1.165) is 16.7 Å². The molecular weight excluding hydrogens is 288 g/mol. The van der Waals surface area contributed by atoms with E-state index >= 15 is 0 Å². The highest BCUT2D eigenvalue weighted by Crippen LogP contribution is 2.23. The quantitative estimate of drug-likeness (QED) is 0.795. The van der Waals surface area contributed by atoms with Crippen LogP contribution in [0.25, 0.3) is 11.3 Å². The van der Waals surface area contributed by atoms with Gasteiger partial charge in [0, 0.05) is 11.8 Å². The van der Waals surface area contributed by atoms with Crippen LogP contribution < -0.4 is 0 Å². The third-order valence-corrected chi connectivity index (χ3v) is 3.78. The lowest BCUT2D eigenvalue weighted by Gasteiger charge is -2.02. The van der Waals surface area contributed by atoms with Gasteiger partial charge in [-0.3, -0.25) is 4.68 Å². The lowest BCUT2D eigenvalue weighted by Crippen LogP contribution is -2.00. The molecule has 0 bridgehead atoms. The van der Waals surface area contributed by atoms with E-state index in [1.165, 1.54) is 5.56 Å². The van der Waals surface area contributed by atoms with Gasteiger partial charge in [-0.1, -0.05) is 59.7 Å². The fraction of sp³-hybridized carbons (Fsp3) is 0.158. The number of carboxylic acids is 1. The normalized spacial score (nSPS) is 10.7. The summed E-state index contributed by atoms with van der Waals surface area (Å²) < 4.78 is 1.68. The average molecular weight is 306 g/mol. The van der Waals surface area contributed by atoms with Crippen LogP contribution in [0.3, 0.4) is 0 Å². The fourth-order valence-electron chi connectivity index (χ4n) is 2.46. The van der Waals surface area contributed by atoms with Gasteiger partial charge in [0.05, 0.1) is 6.54 Å². The number of nitrogens with zero attached hydrogens (tertiary/aromatic N) is 2. The molecule has 0 spiro atoms. The predicted molar refractivity (Wildman–Crippen MR) is 89.6 cm³/mol. The summed E-state index contributed by atoms with van der Waals surface area (Å²) in [5, 5.41) is 13.9. The third kappa shape index (κ3) is 3.31. The van der Waals surface area contributed by atoms with Gasteiger partial charge in [-0.2, -0.15) is 5.10 Å². The van der Waals surface area contributed by atoms with Crippen molar-refractivity contribution in [1.29, 1.82) is 0 Å². The Bertz CT molecular complexity index is 831. The summed E-state index contributed by atoms with van der Waals surface area (Å²) in [5.74, 6) is -0.962. The van der Waals surface area contributed by atoms with E-state index in [2.05, 4.69) is 5.10 Å². The zero-order valence-corrected chi connectivity index (χ0v) is 13.2. The van der Waals surface area contributed by atoms with Gasteiger partial charge in [-0.25, -0.2) is 4.79 Å². The summed E-state index contributed by atoms with van der Waals surface area (Å²) in [6.07, 6.45) is 1.59. The Morgan fingerprint density at radius 1 is 1.00 bits per heavy atom.